The van der Waals surface area contributed by atoms with Gasteiger partial charge in [-0.2, -0.15) is 0 Å². The van der Waals surface area contributed by atoms with Gasteiger partial charge in [0.1, 0.15) is 18.8 Å². The fraction of sp³-hybridized carbons (Fsp3) is 0.696. The first-order chi connectivity index (χ1) is 27.5. The summed E-state index contributed by atoms with van der Waals surface area (Å²) >= 11 is 0. The highest BCUT2D eigenvalue weighted by molar-refractivity contribution is 8.76. The van der Waals surface area contributed by atoms with Gasteiger partial charge in [-0.05, 0) is 116 Å². The third kappa shape index (κ3) is 9.87. The molecule has 5 rings (SSSR count). The molecule has 0 aliphatic heterocycles. The number of carbonyl (C=O) groups excluding carboxylic acids is 4. The number of fused-ring (bicyclic) bond motifs is 5. The van der Waals surface area contributed by atoms with Crippen LogP contribution in [0.2, 0.25) is 0 Å². The molecule has 12 heteroatoms. The summed E-state index contributed by atoms with van der Waals surface area (Å²) in [6.07, 6.45) is 6.94. The molecule has 10 nitrogen and oxygen atoms in total. The topological polar surface area (TPSA) is 129 Å². The molecule has 10 atom stereocenters. The van der Waals surface area contributed by atoms with E-state index >= 15 is 0 Å². The van der Waals surface area contributed by atoms with E-state index in [0.717, 1.165) is 42.4 Å². The van der Waals surface area contributed by atoms with Crippen molar-refractivity contribution in [1.82, 2.24) is 5.06 Å². The van der Waals surface area contributed by atoms with E-state index in [1.165, 1.54) is 19.1 Å². The zero-order valence-corrected chi connectivity index (χ0v) is 37.8. The van der Waals surface area contributed by atoms with Crippen molar-refractivity contribution in [3.63, 3.8) is 0 Å². The van der Waals surface area contributed by atoms with Crippen LogP contribution in [0.1, 0.15) is 118 Å². The third-order valence-corrected chi connectivity index (χ3v) is 16.9. The van der Waals surface area contributed by atoms with Gasteiger partial charge in [0.25, 0.3) is 0 Å². The summed E-state index contributed by atoms with van der Waals surface area (Å²) < 4.78 is 18.3. The monoisotopic (exact) mass is 841 g/mol. The van der Waals surface area contributed by atoms with Crippen molar-refractivity contribution in [3.05, 3.63) is 58.7 Å². The first-order valence-electron chi connectivity index (χ1n) is 21.1. The van der Waals surface area contributed by atoms with Crippen LogP contribution in [0.25, 0.3) is 0 Å². The van der Waals surface area contributed by atoms with Crippen LogP contribution in [0.3, 0.4) is 0 Å². The SMILES string of the molecule is CON(C)C(=O)CCSSCCC(=O)O[C@@H]1CC[C@@]2(C)[C@@H](CC[C@@]3(C)[C@H]2[C@H](O)C[C@H]2/C(=C(\CCC=C(C)C)C(=O)OCc4ccccc4)[C@@H](OC(C)=O)C[C@@]23C)[C@@H]1C. The van der Waals surface area contributed by atoms with Crippen LogP contribution in [0.4, 0.5) is 0 Å². The van der Waals surface area contributed by atoms with E-state index in [4.69, 9.17) is 19.0 Å². The fourth-order valence-electron chi connectivity index (χ4n) is 11.6. The number of allylic oxidation sites excluding steroid dienone is 2. The number of nitrogens with zero attached hydrogens (tertiary/aromatic N) is 1. The molecular weight excluding hydrogens is 775 g/mol. The highest BCUT2D eigenvalue weighted by Gasteiger charge is 2.71. The molecule has 0 unspecified atom stereocenters. The predicted octanol–water partition coefficient (Wildman–Crippen LogP) is 9.06. The standard InChI is InChI=1S/C46H67NO9S2/c1-29(2)14-13-17-33(43(52)54-28-32-15-11-10-12-16-32)41-35-26-36(49)42-44(5)22-19-37(56-40(51)21-25-58-57-24-20-39(50)47(8)53-9)30(3)34(44)18-23-45(42,6)46(35,7)27-38(41)55-31(4)48/h10-12,14-16,30,34-38,42,49H,13,17-28H2,1-9H3/b41-33-/t30-,34-,35-,36+,37+,38-,42-,44-,45-,46-/m0/s1. The number of hydrogen-bond acceptors (Lipinski definition) is 11. The van der Waals surface area contributed by atoms with Gasteiger partial charge < -0.3 is 19.3 Å². The van der Waals surface area contributed by atoms with Gasteiger partial charge in [0, 0.05) is 37.5 Å². The Morgan fingerprint density at radius 1 is 0.931 bits per heavy atom. The van der Waals surface area contributed by atoms with Crippen LogP contribution in [0, 0.1) is 39.9 Å². The van der Waals surface area contributed by atoms with Crippen LogP contribution in [0.15, 0.2) is 53.1 Å². The number of ether oxygens (including phenoxy) is 3. The highest BCUT2D eigenvalue weighted by Crippen LogP contribution is 2.74. The van der Waals surface area contributed by atoms with Crippen LogP contribution in [-0.2, 0) is 44.8 Å². The van der Waals surface area contributed by atoms with Gasteiger partial charge in [-0.15, -0.1) is 0 Å². The van der Waals surface area contributed by atoms with Crippen molar-refractivity contribution in [2.45, 2.75) is 138 Å². The number of hydrogen-bond donors (Lipinski definition) is 1. The average Bonchev–Trinajstić information content (AvgIpc) is 3.45. The normalized spacial score (nSPS) is 33.4. The minimum atomic E-state index is -0.632. The molecule has 0 radical (unpaired) electrons. The second-order valence-electron chi connectivity index (χ2n) is 18.1. The maximum atomic E-state index is 14.2. The summed E-state index contributed by atoms with van der Waals surface area (Å²) in [4.78, 5) is 56.9. The summed E-state index contributed by atoms with van der Waals surface area (Å²) in [5.41, 5.74) is 2.58. The lowest BCUT2D eigenvalue weighted by molar-refractivity contribution is -0.236. The number of rotatable bonds is 16. The van der Waals surface area contributed by atoms with Crippen LogP contribution in [0.5, 0.6) is 0 Å². The van der Waals surface area contributed by atoms with Gasteiger partial charge in [-0.3, -0.25) is 19.2 Å². The smallest absolute Gasteiger partial charge is 0.334 e. The first-order valence-corrected chi connectivity index (χ1v) is 23.6. The van der Waals surface area contributed by atoms with Crippen molar-refractivity contribution >= 4 is 45.4 Å². The highest BCUT2D eigenvalue weighted by atomic mass is 33.1. The van der Waals surface area contributed by atoms with Crippen molar-refractivity contribution in [2.75, 3.05) is 25.7 Å². The molecule has 1 aromatic carbocycles. The maximum absolute atomic E-state index is 14.2. The van der Waals surface area contributed by atoms with Crippen LogP contribution in [-0.4, -0.2) is 78.0 Å². The summed E-state index contributed by atoms with van der Waals surface area (Å²) in [6.45, 7) is 14.9. The zero-order chi connectivity index (χ0) is 42.4. The second-order valence-corrected chi connectivity index (χ2v) is 20.8. The molecule has 1 aromatic rings. The van der Waals surface area contributed by atoms with E-state index in [1.807, 2.05) is 44.2 Å². The fourth-order valence-corrected chi connectivity index (χ4v) is 13.5. The van der Waals surface area contributed by atoms with Gasteiger partial charge in [-0.1, -0.05) is 91.3 Å². The molecular formula is C46H67NO9S2. The van der Waals surface area contributed by atoms with Crippen molar-refractivity contribution in [2.24, 2.45) is 39.9 Å². The minimum absolute atomic E-state index is 0.0282. The van der Waals surface area contributed by atoms with Crippen molar-refractivity contribution in [3.8, 4) is 0 Å². The molecule has 0 spiro atoms. The van der Waals surface area contributed by atoms with Gasteiger partial charge >= 0.3 is 17.9 Å². The quantitative estimate of drug-likeness (QED) is 0.0326. The lowest BCUT2D eigenvalue weighted by Crippen LogP contribution is -2.65. The molecule has 4 aliphatic carbocycles. The number of aliphatic hydroxyl groups excluding tert-OH is 1. The largest absolute Gasteiger partial charge is 0.462 e. The Morgan fingerprint density at radius 2 is 1.62 bits per heavy atom. The van der Waals surface area contributed by atoms with E-state index in [-0.39, 0.29) is 76.4 Å². The van der Waals surface area contributed by atoms with E-state index in [0.29, 0.717) is 55.6 Å². The van der Waals surface area contributed by atoms with E-state index < -0.39 is 12.2 Å². The van der Waals surface area contributed by atoms with E-state index in [1.54, 1.807) is 28.6 Å². The molecule has 58 heavy (non-hydrogen) atoms. The molecule has 4 aliphatic rings. The summed E-state index contributed by atoms with van der Waals surface area (Å²) in [7, 11) is 6.20. The number of amides is 1. The molecule has 1 amide bonds. The van der Waals surface area contributed by atoms with E-state index in [9.17, 15) is 24.3 Å². The predicted molar refractivity (Wildman–Crippen MR) is 229 cm³/mol. The average molecular weight is 842 g/mol. The van der Waals surface area contributed by atoms with Crippen LogP contribution >= 0.6 is 21.6 Å². The summed E-state index contributed by atoms with van der Waals surface area (Å²) in [5.74, 6) is 0.388. The van der Waals surface area contributed by atoms with Gasteiger partial charge in [0.05, 0.1) is 19.6 Å². The molecule has 0 aromatic heterocycles. The summed E-state index contributed by atoms with van der Waals surface area (Å²) in [5, 5.41) is 13.7. The molecule has 0 heterocycles. The number of benzene rings is 1. The molecule has 322 valence electrons. The van der Waals surface area contributed by atoms with Crippen molar-refractivity contribution < 1.29 is 43.3 Å². The lowest BCUT2D eigenvalue weighted by atomic mass is 9.36. The number of hydroxylamine groups is 2. The Morgan fingerprint density at radius 3 is 2.28 bits per heavy atom. The first kappa shape index (κ1) is 46.3. The van der Waals surface area contributed by atoms with Gasteiger partial charge in [-0.25, -0.2) is 9.86 Å². The lowest BCUT2D eigenvalue weighted by Gasteiger charge is -2.69. The number of aliphatic hydroxyl groups is 1. The summed E-state index contributed by atoms with van der Waals surface area (Å²) in [6, 6.07) is 9.64. The van der Waals surface area contributed by atoms with Crippen LogP contribution < -0.4 is 0 Å². The Kier molecular flexibility index (Phi) is 15.7. The number of carbonyl (C=O) groups is 4. The maximum Gasteiger partial charge on any atom is 0.334 e. The van der Waals surface area contributed by atoms with Gasteiger partial charge in [0.2, 0.25) is 5.91 Å². The Hall–Kier alpha value is -2.80. The Balaban J connectivity index is 1.34. The number of esters is 3. The zero-order valence-electron chi connectivity index (χ0n) is 36.2. The Bertz CT molecular complexity index is 1700. The third-order valence-electron chi connectivity index (χ3n) is 14.5. The second kappa shape index (κ2) is 19.7. The molecule has 4 saturated carbocycles. The minimum Gasteiger partial charge on any atom is -0.462 e. The van der Waals surface area contributed by atoms with Gasteiger partial charge in [0.15, 0.2) is 0 Å². The molecule has 1 N–H and O–H groups in total. The molecule has 4 fully saturated rings. The molecule has 0 bridgehead atoms. The van der Waals surface area contributed by atoms with E-state index in [2.05, 4.69) is 33.8 Å². The molecule has 0 saturated heterocycles. The Labute approximate surface area is 354 Å². The van der Waals surface area contributed by atoms with Crippen molar-refractivity contribution in [1.29, 1.82) is 0 Å².